The molecule has 0 bridgehead atoms. The summed E-state index contributed by atoms with van der Waals surface area (Å²) < 4.78 is 0. The van der Waals surface area contributed by atoms with E-state index in [-0.39, 0.29) is 11.9 Å². The SMILES string of the molecule is CSCc1ccc(NC(=O)C2CC3CCCCC3N2)cc1. The van der Waals surface area contributed by atoms with Gasteiger partial charge in [-0.1, -0.05) is 25.0 Å². The Morgan fingerprint density at radius 2 is 2.05 bits per heavy atom. The lowest BCUT2D eigenvalue weighted by molar-refractivity contribution is -0.117. The molecule has 1 aliphatic carbocycles. The summed E-state index contributed by atoms with van der Waals surface area (Å²) in [6, 6.07) is 8.75. The van der Waals surface area contributed by atoms with Crippen LogP contribution in [0, 0.1) is 5.92 Å². The molecule has 0 aromatic heterocycles. The lowest BCUT2D eigenvalue weighted by atomic mass is 9.85. The molecule has 2 fully saturated rings. The first-order valence-electron chi connectivity index (χ1n) is 7.91. The summed E-state index contributed by atoms with van der Waals surface area (Å²) >= 11 is 1.81. The predicted octanol–water partition coefficient (Wildman–Crippen LogP) is 3.41. The largest absolute Gasteiger partial charge is 0.325 e. The smallest absolute Gasteiger partial charge is 0.241 e. The fourth-order valence-corrected chi connectivity index (χ4v) is 4.13. The molecule has 3 atom stereocenters. The standard InChI is InChI=1S/C17H24N2OS/c1-21-11-12-6-8-14(9-7-12)18-17(20)16-10-13-4-2-3-5-15(13)19-16/h6-9,13,15-16,19H,2-5,10-11H2,1H3,(H,18,20). The summed E-state index contributed by atoms with van der Waals surface area (Å²) in [5.41, 5.74) is 2.20. The number of amides is 1. The highest BCUT2D eigenvalue weighted by Gasteiger charge is 2.38. The molecule has 1 amide bonds. The molecule has 2 N–H and O–H groups in total. The van der Waals surface area contributed by atoms with E-state index in [0.29, 0.717) is 12.0 Å². The number of hydrogen-bond donors (Lipinski definition) is 2. The van der Waals surface area contributed by atoms with E-state index in [4.69, 9.17) is 0 Å². The van der Waals surface area contributed by atoms with Gasteiger partial charge in [-0.05, 0) is 49.1 Å². The van der Waals surface area contributed by atoms with E-state index in [2.05, 4.69) is 29.0 Å². The lowest BCUT2D eigenvalue weighted by Gasteiger charge is -2.24. The van der Waals surface area contributed by atoms with Gasteiger partial charge in [0.05, 0.1) is 6.04 Å². The molecule has 0 spiro atoms. The molecule has 4 heteroatoms. The Bertz CT molecular complexity index is 474. The zero-order chi connectivity index (χ0) is 14.7. The average molecular weight is 304 g/mol. The van der Waals surface area contributed by atoms with Crippen LogP contribution in [0.1, 0.15) is 37.7 Å². The van der Waals surface area contributed by atoms with Crippen LogP contribution in [0.4, 0.5) is 5.69 Å². The van der Waals surface area contributed by atoms with Crippen molar-refractivity contribution in [3.05, 3.63) is 29.8 Å². The molecule has 2 aliphatic rings. The number of nitrogens with one attached hydrogen (secondary N) is 2. The van der Waals surface area contributed by atoms with Gasteiger partial charge in [-0.15, -0.1) is 0 Å². The Kier molecular flexibility index (Phi) is 4.86. The molecule has 21 heavy (non-hydrogen) atoms. The van der Waals surface area contributed by atoms with Crippen LogP contribution in [0.5, 0.6) is 0 Å². The van der Waals surface area contributed by atoms with Gasteiger partial charge < -0.3 is 10.6 Å². The van der Waals surface area contributed by atoms with Gasteiger partial charge in [-0.2, -0.15) is 11.8 Å². The van der Waals surface area contributed by atoms with E-state index >= 15 is 0 Å². The van der Waals surface area contributed by atoms with Crippen LogP contribution >= 0.6 is 11.8 Å². The van der Waals surface area contributed by atoms with Crippen molar-refractivity contribution >= 4 is 23.4 Å². The zero-order valence-electron chi connectivity index (χ0n) is 12.6. The summed E-state index contributed by atoms with van der Waals surface area (Å²) in [5, 5.41) is 6.58. The number of benzene rings is 1. The summed E-state index contributed by atoms with van der Waals surface area (Å²) in [6.45, 7) is 0. The van der Waals surface area contributed by atoms with Crippen molar-refractivity contribution in [3.63, 3.8) is 0 Å². The Labute approximate surface area is 131 Å². The minimum absolute atomic E-state index is 0.0102. The summed E-state index contributed by atoms with van der Waals surface area (Å²) in [7, 11) is 0. The number of anilines is 1. The molecule has 1 saturated heterocycles. The van der Waals surface area contributed by atoms with Crippen LogP contribution in [0.15, 0.2) is 24.3 Å². The average Bonchev–Trinajstić information content (AvgIpc) is 2.94. The first kappa shape index (κ1) is 14.9. The topological polar surface area (TPSA) is 41.1 Å². The molecule has 1 heterocycles. The van der Waals surface area contributed by atoms with Gasteiger partial charge in [0.2, 0.25) is 5.91 Å². The van der Waals surface area contributed by atoms with Crippen molar-refractivity contribution in [2.75, 3.05) is 11.6 Å². The molecule has 3 unspecified atom stereocenters. The molecule has 3 nitrogen and oxygen atoms in total. The van der Waals surface area contributed by atoms with Crippen molar-refractivity contribution in [1.29, 1.82) is 0 Å². The van der Waals surface area contributed by atoms with Gasteiger partial charge in [0.25, 0.3) is 0 Å². The lowest BCUT2D eigenvalue weighted by Crippen LogP contribution is -2.39. The normalized spacial score (nSPS) is 28.1. The van der Waals surface area contributed by atoms with Crippen molar-refractivity contribution in [1.82, 2.24) is 5.32 Å². The van der Waals surface area contributed by atoms with E-state index in [1.807, 2.05) is 23.9 Å². The highest BCUT2D eigenvalue weighted by atomic mass is 32.2. The predicted molar refractivity (Wildman–Crippen MR) is 89.6 cm³/mol. The first-order valence-corrected chi connectivity index (χ1v) is 9.30. The van der Waals surface area contributed by atoms with Gasteiger partial charge in [-0.3, -0.25) is 4.79 Å². The second-order valence-corrected chi connectivity index (χ2v) is 7.09. The fourth-order valence-electron chi connectivity index (χ4n) is 3.60. The van der Waals surface area contributed by atoms with E-state index in [1.54, 1.807) is 0 Å². The maximum absolute atomic E-state index is 12.4. The number of carbonyl (C=O) groups is 1. The van der Waals surface area contributed by atoms with Gasteiger partial charge >= 0.3 is 0 Å². The van der Waals surface area contributed by atoms with Crippen LogP contribution in [0.2, 0.25) is 0 Å². The number of thioether (sulfide) groups is 1. The van der Waals surface area contributed by atoms with Crippen molar-refractivity contribution in [2.24, 2.45) is 5.92 Å². The van der Waals surface area contributed by atoms with Crippen LogP contribution in [0.3, 0.4) is 0 Å². The molecule has 3 rings (SSSR count). The molecule has 1 aliphatic heterocycles. The molecule has 1 aromatic carbocycles. The van der Waals surface area contributed by atoms with Gasteiger partial charge in [0.1, 0.15) is 0 Å². The highest BCUT2D eigenvalue weighted by molar-refractivity contribution is 7.97. The van der Waals surface area contributed by atoms with Crippen LogP contribution in [0.25, 0.3) is 0 Å². The number of fused-ring (bicyclic) bond motifs is 1. The van der Waals surface area contributed by atoms with Crippen LogP contribution in [-0.4, -0.2) is 24.2 Å². The Morgan fingerprint density at radius 1 is 1.29 bits per heavy atom. The van der Waals surface area contributed by atoms with Gasteiger partial charge in [-0.25, -0.2) is 0 Å². The third-order valence-electron chi connectivity index (χ3n) is 4.71. The second-order valence-electron chi connectivity index (χ2n) is 6.23. The Balaban J connectivity index is 1.56. The Morgan fingerprint density at radius 3 is 2.76 bits per heavy atom. The summed E-state index contributed by atoms with van der Waals surface area (Å²) in [6.07, 6.45) is 8.25. The molecule has 1 saturated carbocycles. The molecular formula is C17H24N2OS. The van der Waals surface area contributed by atoms with E-state index in [9.17, 15) is 4.79 Å². The van der Waals surface area contributed by atoms with E-state index in [1.165, 1.54) is 31.2 Å². The minimum Gasteiger partial charge on any atom is -0.325 e. The van der Waals surface area contributed by atoms with Gasteiger partial charge in [0, 0.05) is 17.5 Å². The quantitative estimate of drug-likeness (QED) is 0.895. The zero-order valence-corrected chi connectivity index (χ0v) is 13.4. The minimum atomic E-state index is -0.0102. The maximum atomic E-state index is 12.4. The molecule has 1 aromatic rings. The maximum Gasteiger partial charge on any atom is 0.241 e. The summed E-state index contributed by atoms with van der Waals surface area (Å²) in [5.74, 6) is 1.85. The van der Waals surface area contributed by atoms with Crippen molar-refractivity contribution in [3.8, 4) is 0 Å². The molecule has 0 radical (unpaired) electrons. The number of carbonyl (C=O) groups excluding carboxylic acids is 1. The molecular weight excluding hydrogens is 280 g/mol. The van der Waals surface area contributed by atoms with Crippen molar-refractivity contribution < 1.29 is 4.79 Å². The number of hydrogen-bond acceptors (Lipinski definition) is 3. The van der Waals surface area contributed by atoms with Gasteiger partial charge in [0.15, 0.2) is 0 Å². The first-order chi connectivity index (χ1) is 10.3. The third-order valence-corrected chi connectivity index (χ3v) is 5.33. The van der Waals surface area contributed by atoms with E-state index in [0.717, 1.165) is 17.9 Å². The number of rotatable bonds is 4. The highest BCUT2D eigenvalue weighted by Crippen LogP contribution is 2.33. The van der Waals surface area contributed by atoms with Crippen molar-refractivity contribution in [2.45, 2.75) is 49.9 Å². The summed E-state index contributed by atoms with van der Waals surface area (Å²) in [4.78, 5) is 12.4. The molecule has 114 valence electrons. The van der Waals surface area contributed by atoms with Crippen LogP contribution < -0.4 is 10.6 Å². The second kappa shape index (κ2) is 6.84. The third kappa shape index (κ3) is 3.61. The van der Waals surface area contributed by atoms with E-state index < -0.39 is 0 Å². The Hall–Kier alpha value is -1.00. The van der Waals surface area contributed by atoms with Crippen LogP contribution in [-0.2, 0) is 10.5 Å². The fraction of sp³-hybridized carbons (Fsp3) is 0.588. The monoisotopic (exact) mass is 304 g/mol.